The van der Waals surface area contributed by atoms with Gasteiger partial charge >= 0.3 is 0 Å². The number of aromatic nitrogens is 1. The molecule has 0 bridgehead atoms. The van der Waals surface area contributed by atoms with Gasteiger partial charge in [0.2, 0.25) is 0 Å². The Labute approximate surface area is 78.4 Å². The quantitative estimate of drug-likeness (QED) is 0.771. The van der Waals surface area contributed by atoms with Crippen LogP contribution in [0, 0.1) is 0 Å². The second-order valence-electron chi connectivity index (χ2n) is 2.90. The van der Waals surface area contributed by atoms with Crippen LogP contribution in [0.15, 0.2) is 12.3 Å². The van der Waals surface area contributed by atoms with Gasteiger partial charge in [-0.1, -0.05) is 6.92 Å². The Kier molecular flexibility index (Phi) is 3.25. The first-order chi connectivity index (χ1) is 6.20. The molecule has 1 rings (SSSR count). The van der Waals surface area contributed by atoms with Gasteiger partial charge in [0.05, 0.1) is 13.2 Å². The van der Waals surface area contributed by atoms with Crippen LogP contribution in [0.3, 0.4) is 0 Å². The lowest BCUT2D eigenvalue weighted by atomic mass is 10.1. The molecule has 0 saturated carbocycles. The van der Waals surface area contributed by atoms with E-state index in [2.05, 4.69) is 4.98 Å². The van der Waals surface area contributed by atoms with Crippen molar-refractivity contribution in [1.82, 2.24) is 4.98 Å². The van der Waals surface area contributed by atoms with Crippen LogP contribution in [-0.4, -0.2) is 17.2 Å². The zero-order chi connectivity index (χ0) is 9.84. The number of nitrogens with zero attached hydrogens (tertiary/aromatic N) is 1. The number of ether oxygens (including phenoxy) is 1. The van der Waals surface area contributed by atoms with E-state index in [-0.39, 0.29) is 0 Å². The summed E-state index contributed by atoms with van der Waals surface area (Å²) in [6.07, 6.45) is 1.97. The second-order valence-corrected chi connectivity index (χ2v) is 2.90. The first-order valence-electron chi connectivity index (χ1n) is 4.40. The van der Waals surface area contributed by atoms with Crippen LogP contribution in [-0.2, 0) is 6.42 Å². The molecule has 3 heteroatoms. The Morgan fingerprint density at radius 2 is 2.31 bits per heavy atom. The summed E-state index contributed by atoms with van der Waals surface area (Å²) < 4.78 is 5.15. The SMILES string of the molecule is CCc1nccc(OC)c1C(C)O. The standard InChI is InChI=1S/C10H15NO2/c1-4-8-10(7(2)12)9(13-3)5-6-11-8/h5-7,12H,4H2,1-3H3. The summed E-state index contributed by atoms with van der Waals surface area (Å²) in [6, 6.07) is 1.77. The molecule has 0 aliphatic carbocycles. The van der Waals surface area contributed by atoms with Crippen LogP contribution in [0.5, 0.6) is 5.75 Å². The minimum atomic E-state index is -0.529. The second kappa shape index (κ2) is 4.23. The predicted octanol–water partition coefficient (Wildman–Crippen LogP) is 1.71. The Morgan fingerprint density at radius 1 is 1.62 bits per heavy atom. The molecule has 1 atom stereocenters. The summed E-state index contributed by atoms with van der Waals surface area (Å²) in [4.78, 5) is 4.19. The summed E-state index contributed by atoms with van der Waals surface area (Å²) in [5.41, 5.74) is 1.70. The van der Waals surface area contributed by atoms with Crippen LogP contribution < -0.4 is 4.74 Å². The van der Waals surface area contributed by atoms with E-state index in [9.17, 15) is 5.11 Å². The number of rotatable bonds is 3. The van der Waals surface area contributed by atoms with Crippen molar-refractivity contribution in [2.24, 2.45) is 0 Å². The van der Waals surface area contributed by atoms with E-state index in [1.165, 1.54) is 0 Å². The monoisotopic (exact) mass is 181 g/mol. The number of pyridine rings is 1. The number of methoxy groups -OCH3 is 1. The highest BCUT2D eigenvalue weighted by Crippen LogP contribution is 2.27. The molecule has 0 radical (unpaired) electrons. The molecule has 0 saturated heterocycles. The molecule has 0 aliphatic rings. The maximum atomic E-state index is 9.53. The van der Waals surface area contributed by atoms with Gasteiger partial charge in [0, 0.05) is 17.5 Å². The van der Waals surface area contributed by atoms with E-state index in [4.69, 9.17) is 4.74 Å². The highest BCUT2D eigenvalue weighted by Gasteiger charge is 2.13. The molecule has 1 unspecified atom stereocenters. The lowest BCUT2D eigenvalue weighted by Gasteiger charge is -2.13. The summed E-state index contributed by atoms with van der Waals surface area (Å²) in [6.45, 7) is 3.73. The predicted molar refractivity (Wildman–Crippen MR) is 50.8 cm³/mol. The van der Waals surface area contributed by atoms with Gasteiger partial charge in [0.25, 0.3) is 0 Å². The number of aliphatic hydroxyl groups excluding tert-OH is 1. The molecular weight excluding hydrogens is 166 g/mol. The molecule has 1 heterocycles. The summed E-state index contributed by atoms with van der Waals surface area (Å²) in [7, 11) is 1.60. The van der Waals surface area contributed by atoms with Gasteiger partial charge in [0.1, 0.15) is 5.75 Å². The average Bonchev–Trinajstić information content (AvgIpc) is 2.16. The highest BCUT2D eigenvalue weighted by molar-refractivity contribution is 5.37. The molecule has 1 aromatic rings. The maximum Gasteiger partial charge on any atom is 0.128 e. The molecule has 1 N–H and O–H groups in total. The topological polar surface area (TPSA) is 42.4 Å². The van der Waals surface area contributed by atoms with Crippen molar-refractivity contribution in [1.29, 1.82) is 0 Å². The van der Waals surface area contributed by atoms with Gasteiger partial charge in [-0.2, -0.15) is 0 Å². The van der Waals surface area contributed by atoms with E-state index >= 15 is 0 Å². The van der Waals surface area contributed by atoms with Gasteiger partial charge < -0.3 is 9.84 Å². The number of aryl methyl sites for hydroxylation is 1. The zero-order valence-corrected chi connectivity index (χ0v) is 8.24. The van der Waals surface area contributed by atoms with Crippen molar-refractivity contribution in [3.8, 4) is 5.75 Å². The molecule has 13 heavy (non-hydrogen) atoms. The fourth-order valence-corrected chi connectivity index (χ4v) is 1.40. The molecule has 0 spiro atoms. The molecule has 72 valence electrons. The van der Waals surface area contributed by atoms with Gasteiger partial charge in [-0.3, -0.25) is 4.98 Å². The Hall–Kier alpha value is -1.09. The summed E-state index contributed by atoms with van der Waals surface area (Å²) in [5, 5.41) is 9.53. The first kappa shape index (κ1) is 9.99. The van der Waals surface area contributed by atoms with Gasteiger partial charge in [0.15, 0.2) is 0 Å². The molecule has 0 aliphatic heterocycles. The van der Waals surface area contributed by atoms with Crippen molar-refractivity contribution in [3.05, 3.63) is 23.5 Å². The third-order valence-corrected chi connectivity index (χ3v) is 2.01. The number of hydrogen-bond donors (Lipinski definition) is 1. The lowest BCUT2D eigenvalue weighted by molar-refractivity contribution is 0.192. The average molecular weight is 181 g/mol. The van der Waals surface area contributed by atoms with Crippen LogP contribution in [0.1, 0.15) is 31.2 Å². The fraction of sp³-hybridized carbons (Fsp3) is 0.500. The fourth-order valence-electron chi connectivity index (χ4n) is 1.40. The van der Waals surface area contributed by atoms with E-state index in [1.807, 2.05) is 6.92 Å². The third-order valence-electron chi connectivity index (χ3n) is 2.01. The van der Waals surface area contributed by atoms with Crippen LogP contribution in [0.4, 0.5) is 0 Å². The van der Waals surface area contributed by atoms with Crippen LogP contribution in [0.2, 0.25) is 0 Å². The largest absolute Gasteiger partial charge is 0.496 e. The molecule has 0 amide bonds. The van der Waals surface area contributed by atoms with Crippen LogP contribution >= 0.6 is 0 Å². The van der Waals surface area contributed by atoms with Crippen molar-refractivity contribution in [2.45, 2.75) is 26.4 Å². The van der Waals surface area contributed by atoms with Gasteiger partial charge in [-0.05, 0) is 19.4 Å². The minimum Gasteiger partial charge on any atom is -0.496 e. The van der Waals surface area contributed by atoms with Crippen molar-refractivity contribution < 1.29 is 9.84 Å². The molecule has 0 aromatic carbocycles. The van der Waals surface area contributed by atoms with Gasteiger partial charge in [-0.25, -0.2) is 0 Å². The Balaban J connectivity index is 3.21. The van der Waals surface area contributed by atoms with E-state index < -0.39 is 6.10 Å². The first-order valence-corrected chi connectivity index (χ1v) is 4.40. The molecule has 3 nitrogen and oxygen atoms in total. The van der Waals surface area contributed by atoms with Crippen molar-refractivity contribution in [2.75, 3.05) is 7.11 Å². The lowest BCUT2D eigenvalue weighted by Crippen LogP contribution is -2.03. The third kappa shape index (κ3) is 1.98. The molecule has 1 aromatic heterocycles. The maximum absolute atomic E-state index is 9.53. The summed E-state index contributed by atoms with van der Waals surface area (Å²) in [5.74, 6) is 0.710. The number of aliphatic hydroxyl groups is 1. The van der Waals surface area contributed by atoms with Crippen LogP contribution in [0.25, 0.3) is 0 Å². The van der Waals surface area contributed by atoms with E-state index in [0.29, 0.717) is 5.75 Å². The molecular formula is C10H15NO2. The summed E-state index contributed by atoms with van der Waals surface area (Å²) >= 11 is 0. The smallest absolute Gasteiger partial charge is 0.128 e. The van der Waals surface area contributed by atoms with E-state index in [0.717, 1.165) is 17.7 Å². The van der Waals surface area contributed by atoms with E-state index in [1.54, 1.807) is 26.3 Å². The molecule has 0 fully saturated rings. The highest BCUT2D eigenvalue weighted by atomic mass is 16.5. The zero-order valence-electron chi connectivity index (χ0n) is 8.24. The number of hydrogen-bond acceptors (Lipinski definition) is 3. The Morgan fingerprint density at radius 3 is 2.77 bits per heavy atom. The Bertz CT molecular complexity index is 262. The minimum absolute atomic E-state index is 0.529. The van der Waals surface area contributed by atoms with Gasteiger partial charge in [-0.15, -0.1) is 0 Å². The normalized spacial score (nSPS) is 12.6. The van der Waals surface area contributed by atoms with Crippen molar-refractivity contribution >= 4 is 0 Å². The van der Waals surface area contributed by atoms with Crippen molar-refractivity contribution in [3.63, 3.8) is 0 Å².